The van der Waals surface area contributed by atoms with Gasteiger partial charge in [0, 0.05) is 67.1 Å². The summed E-state index contributed by atoms with van der Waals surface area (Å²) in [5, 5.41) is 13.1. The molecule has 1 aliphatic heterocycles. The number of aliphatic hydroxyl groups excluding tert-OH is 1. The summed E-state index contributed by atoms with van der Waals surface area (Å²) < 4.78 is 13.7. The Hall–Kier alpha value is -2.93. The molecule has 2 atom stereocenters. The first-order valence-corrected chi connectivity index (χ1v) is 15.1. The van der Waals surface area contributed by atoms with Gasteiger partial charge in [-0.15, -0.1) is 12.6 Å². The van der Waals surface area contributed by atoms with E-state index in [2.05, 4.69) is 97.6 Å². The van der Waals surface area contributed by atoms with Crippen molar-refractivity contribution < 1.29 is 14.6 Å². The van der Waals surface area contributed by atoms with E-state index in [1.165, 1.54) is 0 Å². The predicted octanol–water partition coefficient (Wildman–Crippen LogP) is 5.99. The fourth-order valence-corrected chi connectivity index (χ4v) is 5.78. The molecule has 1 aliphatic rings. The van der Waals surface area contributed by atoms with Crippen LogP contribution in [0, 0.1) is 17.3 Å². The van der Waals surface area contributed by atoms with Crippen LogP contribution in [0.3, 0.4) is 0 Å². The molecule has 1 saturated heterocycles. The highest BCUT2D eigenvalue weighted by Crippen LogP contribution is 2.41. The molecule has 0 unspecified atom stereocenters. The molecule has 4 rings (SSSR count). The van der Waals surface area contributed by atoms with Gasteiger partial charge in [0.25, 0.3) is 0 Å². The summed E-state index contributed by atoms with van der Waals surface area (Å²) in [6, 6.07) is 8.62. The number of benzene rings is 1. The fraction of sp³-hybridized carbons (Fsp3) is 0.471. The summed E-state index contributed by atoms with van der Waals surface area (Å²) in [5.74, 6) is 6.84. The first-order chi connectivity index (χ1) is 20.2. The van der Waals surface area contributed by atoms with Crippen molar-refractivity contribution in [2.75, 3.05) is 40.0 Å². The SMILES string of the molecule is C=N/C(=C\S)c1ccc2c(c1)c(CC(C)(C)CO)c(-c1cc(C#C[C@@H](C)N3CCOCC3)cnc1[C@H](C)OC)n2CC. The summed E-state index contributed by atoms with van der Waals surface area (Å²) in [6.45, 7) is 18.3. The number of rotatable bonds is 10. The number of aliphatic hydroxyl groups is 1. The summed E-state index contributed by atoms with van der Waals surface area (Å²) in [4.78, 5) is 11.4. The van der Waals surface area contributed by atoms with Gasteiger partial charge in [0.1, 0.15) is 0 Å². The van der Waals surface area contributed by atoms with E-state index in [4.69, 9.17) is 14.5 Å². The molecule has 0 radical (unpaired) electrons. The number of hydrogen-bond acceptors (Lipinski definition) is 7. The zero-order chi connectivity index (χ0) is 30.4. The maximum Gasteiger partial charge on any atom is 0.0969 e. The minimum atomic E-state index is -0.345. The van der Waals surface area contributed by atoms with Crippen molar-refractivity contribution >= 4 is 35.9 Å². The number of nitrogens with zero attached hydrogens (tertiary/aromatic N) is 4. The van der Waals surface area contributed by atoms with Gasteiger partial charge < -0.3 is 19.1 Å². The first kappa shape index (κ1) is 32.0. The molecule has 0 aliphatic carbocycles. The Kier molecular flexibility index (Phi) is 10.7. The molecule has 7 nitrogen and oxygen atoms in total. The van der Waals surface area contributed by atoms with Gasteiger partial charge in [0.05, 0.1) is 42.4 Å². The number of hydrogen-bond donors (Lipinski definition) is 2. The lowest BCUT2D eigenvalue weighted by Crippen LogP contribution is -2.41. The summed E-state index contributed by atoms with van der Waals surface area (Å²) in [5.41, 5.74) is 7.33. The second kappa shape index (κ2) is 14.0. The minimum absolute atomic E-state index is 0.0610. The zero-order valence-corrected chi connectivity index (χ0v) is 26.7. The van der Waals surface area contributed by atoms with Crippen molar-refractivity contribution in [3.05, 3.63) is 58.3 Å². The molecule has 8 heteroatoms. The summed E-state index contributed by atoms with van der Waals surface area (Å²) in [7, 11) is 1.71. The number of thiol groups is 1. The molecule has 1 aromatic carbocycles. The van der Waals surface area contributed by atoms with Gasteiger partial charge in [-0.2, -0.15) is 0 Å². The van der Waals surface area contributed by atoms with Gasteiger partial charge >= 0.3 is 0 Å². The smallest absolute Gasteiger partial charge is 0.0969 e. The number of aliphatic imine (C=N–C) groups is 1. The lowest BCUT2D eigenvalue weighted by molar-refractivity contribution is 0.0302. The second-order valence-electron chi connectivity index (χ2n) is 11.6. The van der Waals surface area contributed by atoms with Crippen molar-refractivity contribution in [3.8, 4) is 23.1 Å². The number of aromatic nitrogens is 2. The lowest BCUT2D eigenvalue weighted by atomic mass is 9.84. The maximum absolute atomic E-state index is 10.3. The van der Waals surface area contributed by atoms with Crippen molar-refractivity contribution in [2.45, 2.75) is 59.7 Å². The predicted molar refractivity (Wildman–Crippen MR) is 176 cm³/mol. The molecule has 0 bridgehead atoms. The Morgan fingerprint density at radius 3 is 2.64 bits per heavy atom. The van der Waals surface area contributed by atoms with Crippen LogP contribution in [-0.4, -0.2) is 72.3 Å². The molecule has 0 saturated carbocycles. The third-order valence-corrected chi connectivity index (χ3v) is 8.33. The molecule has 1 fully saturated rings. The van der Waals surface area contributed by atoms with Crippen LogP contribution < -0.4 is 0 Å². The molecule has 3 aromatic rings. The third-order valence-electron chi connectivity index (χ3n) is 8.09. The number of morpholine rings is 1. The van der Waals surface area contributed by atoms with E-state index in [0.717, 1.165) is 77.4 Å². The van der Waals surface area contributed by atoms with E-state index in [0.29, 0.717) is 12.1 Å². The van der Waals surface area contributed by atoms with Crippen molar-refractivity contribution in [3.63, 3.8) is 0 Å². The van der Waals surface area contributed by atoms with Gasteiger partial charge in [-0.3, -0.25) is 14.9 Å². The van der Waals surface area contributed by atoms with Gasteiger partial charge in [-0.05, 0) is 68.5 Å². The van der Waals surface area contributed by atoms with Gasteiger partial charge in [-0.25, -0.2) is 0 Å². The van der Waals surface area contributed by atoms with Crippen LogP contribution in [0.2, 0.25) is 0 Å². The topological polar surface area (TPSA) is 72.1 Å². The number of aryl methyl sites for hydroxylation is 1. The maximum atomic E-state index is 10.3. The van der Waals surface area contributed by atoms with E-state index in [1.807, 2.05) is 13.1 Å². The number of ether oxygens (including phenoxy) is 2. The quantitative estimate of drug-likeness (QED) is 0.173. The summed E-state index contributed by atoms with van der Waals surface area (Å²) in [6.07, 6.45) is 2.29. The standard InChI is InChI=1S/C34H44N4O3S/c1-8-38-31-12-11-26(30(21-42)35-6)18-27(31)29(19-34(4,5)22-39)33(38)28-17-25(20-36-32(28)24(3)40-7)10-9-23(2)37-13-15-41-16-14-37/h11-12,17-18,20-21,23-24,39,42H,6,8,13-16,19,22H2,1-5,7H3/b30-21-/t23-,24+/m1/s1. The van der Waals surface area contributed by atoms with Gasteiger partial charge in [-0.1, -0.05) is 31.8 Å². The lowest BCUT2D eigenvalue weighted by Gasteiger charge is -2.29. The molecular weight excluding hydrogens is 544 g/mol. The highest BCUT2D eigenvalue weighted by Gasteiger charge is 2.28. The molecule has 1 N–H and O–H groups in total. The zero-order valence-electron chi connectivity index (χ0n) is 25.8. The highest BCUT2D eigenvalue weighted by molar-refractivity contribution is 7.83. The Balaban J connectivity index is 1.97. The molecule has 42 heavy (non-hydrogen) atoms. The van der Waals surface area contributed by atoms with Crippen LogP contribution in [0.25, 0.3) is 27.9 Å². The van der Waals surface area contributed by atoms with E-state index in [-0.39, 0.29) is 24.2 Å². The minimum Gasteiger partial charge on any atom is -0.396 e. The van der Waals surface area contributed by atoms with Crippen LogP contribution in [0.5, 0.6) is 0 Å². The highest BCUT2D eigenvalue weighted by atomic mass is 32.1. The van der Waals surface area contributed by atoms with Crippen LogP contribution >= 0.6 is 12.6 Å². The average Bonchev–Trinajstić information content (AvgIpc) is 3.32. The van der Waals surface area contributed by atoms with Crippen LogP contribution in [0.1, 0.15) is 63.1 Å². The van der Waals surface area contributed by atoms with Crippen molar-refractivity contribution in [1.29, 1.82) is 0 Å². The Bertz CT molecular complexity index is 1510. The third kappa shape index (κ3) is 6.82. The van der Waals surface area contributed by atoms with Crippen LogP contribution in [-0.2, 0) is 22.4 Å². The van der Waals surface area contributed by atoms with Gasteiger partial charge in [0.15, 0.2) is 0 Å². The number of pyridine rings is 1. The van der Waals surface area contributed by atoms with Gasteiger partial charge in [0.2, 0.25) is 0 Å². The number of fused-ring (bicyclic) bond motifs is 1. The summed E-state index contributed by atoms with van der Waals surface area (Å²) >= 11 is 4.36. The van der Waals surface area contributed by atoms with E-state index in [1.54, 1.807) is 12.5 Å². The molecule has 0 spiro atoms. The monoisotopic (exact) mass is 588 g/mol. The molecule has 2 aromatic heterocycles. The Labute approximate surface area is 256 Å². The second-order valence-corrected chi connectivity index (χ2v) is 11.9. The molecule has 224 valence electrons. The van der Waals surface area contributed by atoms with Crippen molar-refractivity contribution in [2.24, 2.45) is 10.4 Å². The first-order valence-electron chi connectivity index (χ1n) is 14.6. The van der Waals surface area contributed by atoms with E-state index in [9.17, 15) is 5.11 Å². The number of methoxy groups -OCH3 is 1. The molecular formula is C34H44N4O3S. The molecule has 3 heterocycles. The fourth-order valence-electron chi connectivity index (χ4n) is 5.55. The van der Waals surface area contributed by atoms with Crippen LogP contribution in [0.4, 0.5) is 0 Å². The van der Waals surface area contributed by atoms with E-state index >= 15 is 0 Å². The normalized spacial score (nSPS) is 16.2. The largest absolute Gasteiger partial charge is 0.396 e. The Morgan fingerprint density at radius 2 is 2.02 bits per heavy atom. The molecule has 0 amide bonds. The van der Waals surface area contributed by atoms with Crippen LogP contribution in [0.15, 0.2) is 40.9 Å². The van der Waals surface area contributed by atoms with Crippen molar-refractivity contribution in [1.82, 2.24) is 14.5 Å². The Morgan fingerprint density at radius 1 is 1.29 bits per heavy atom. The van der Waals surface area contributed by atoms with E-state index < -0.39 is 0 Å². The average molecular weight is 589 g/mol.